The Hall–Kier alpha value is -2.13. The molecule has 1 N–H and O–H groups in total. The highest BCUT2D eigenvalue weighted by molar-refractivity contribution is 5.94. The molecule has 128 valence electrons. The zero-order valence-corrected chi connectivity index (χ0v) is 14.8. The average molecular weight is 325 g/mol. The van der Waals surface area contributed by atoms with Crippen LogP contribution in [0, 0.1) is 0 Å². The molecule has 0 radical (unpaired) electrons. The van der Waals surface area contributed by atoms with Crippen LogP contribution < -0.4 is 5.32 Å². The van der Waals surface area contributed by atoms with Gasteiger partial charge in [0.05, 0.1) is 6.54 Å². The lowest BCUT2D eigenvalue weighted by Crippen LogP contribution is -2.41. The molecule has 24 heavy (non-hydrogen) atoms. The molecule has 1 unspecified atom stereocenters. The van der Waals surface area contributed by atoms with E-state index in [1.165, 1.54) is 5.56 Å². The minimum atomic E-state index is -0.501. The molecular formula is C21H27NO2. The van der Waals surface area contributed by atoms with Gasteiger partial charge in [0.25, 0.3) is 5.91 Å². The fraction of sp³-hybridized carbons (Fsp3) is 0.381. The monoisotopic (exact) mass is 325 g/mol. The molecule has 0 aliphatic carbocycles. The molecule has 0 aromatic heterocycles. The van der Waals surface area contributed by atoms with Gasteiger partial charge in [-0.15, -0.1) is 0 Å². The third-order valence-corrected chi connectivity index (χ3v) is 4.55. The van der Waals surface area contributed by atoms with Crippen LogP contribution in [0.2, 0.25) is 0 Å². The maximum Gasteiger partial charge on any atom is 0.251 e. The summed E-state index contributed by atoms with van der Waals surface area (Å²) in [6.07, 6.45) is 2.93. The number of carbonyl (C=O) groups excluding carboxylic acids is 1. The van der Waals surface area contributed by atoms with Gasteiger partial charge in [-0.2, -0.15) is 0 Å². The topological polar surface area (TPSA) is 38.3 Å². The van der Waals surface area contributed by atoms with Crippen LogP contribution in [0.4, 0.5) is 0 Å². The molecule has 0 heterocycles. The maximum atomic E-state index is 12.5. The minimum Gasteiger partial charge on any atom is -0.372 e. The van der Waals surface area contributed by atoms with E-state index in [-0.39, 0.29) is 5.91 Å². The van der Waals surface area contributed by atoms with E-state index >= 15 is 0 Å². The molecule has 2 aromatic rings. The summed E-state index contributed by atoms with van der Waals surface area (Å²) >= 11 is 0. The van der Waals surface area contributed by atoms with Crippen LogP contribution in [0.3, 0.4) is 0 Å². The normalized spacial score (nSPS) is 13.3. The lowest BCUT2D eigenvalue weighted by atomic mass is 9.90. The predicted octanol–water partition coefficient (Wildman–Crippen LogP) is 4.32. The van der Waals surface area contributed by atoms with Crippen LogP contribution in [0.5, 0.6) is 0 Å². The number of ether oxygens (including phenoxy) is 1. The van der Waals surface area contributed by atoms with Gasteiger partial charge in [-0.05, 0) is 36.1 Å². The zero-order chi connectivity index (χ0) is 17.4. The van der Waals surface area contributed by atoms with Crippen LogP contribution >= 0.6 is 0 Å². The first kappa shape index (κ1) is 18.2. The number of rotatable bonds is 8. The second-order valence-corrected chi connectivity index (χ2v) is 6.05. The van der Waals surface area contributed by atoms with Crippen molar-refractivity contribution in [3.8, 4) is 0 Å². The van der Waals surface area contributed by atoms with E-state index in [0.717, 1.165) is 24.8 Å². The number of amides is 1. The van der Waals surface area contributed by atoms with Gasteiger partial charge in [0.15, 0.2) is 0 Å². The lowest BCUT2D eigenvalue weighted by Gasteiger charge is -2.32. The van der Waals surface area contributed by atoms with Crippen molar-refractivity contribution >= 4 is 5.91 Å². The highest BCUT2D eigenvalue weighted by Crippen LogP contribution is 2.28. The van der Waals surface area contributed by atoms with Crippen molar-refractivity contribution < 1.29 is 9.53 Å². The van der Waals surface area contributed by atoms with E-state index in [0.29, 0.717) is 12.1 Å². The molecule has 0 saturated heterocycles. The number of nitrogens with one attached hydrogen (secondary N) is 1. The molecule has 0 aliphatic heterocycles. The number of hydrogen-bond donors (Lipinski definition) is 1. The third-order valence-electron chi connectivity index (χ3n) is 4.55. The first-order chi connectivity index (χ1) is 11.6. The highest BCUT2D eigenvalue weighted by Gasteiger charge is 2.30. The minimum absolute atomic E-state index is 0.0659. The Morgan fingerprint density at radius 3 is 2.25 bits per heavy atom. The Morgan fingerprint density at radius 2 is 1.71 bits per heavy atom. The molecule has 2 aromatic carbocycles. The quantitative estimate of drug-likeness (QED) is 0.785. The summed E-state index contributed by atoms with van der Waals surface area (Å²) < 4.78 is 5.80. The van der Waals surface area contributed by atoms with Gasteiger partial charge >= 0.3 is 0 Å². The van der Waals surface area contributed by atoms with Crippen molar-refractivity contribution in [2.75, 3.05) is 13.7 Å². The summed E-state index contributed by atoms with van der Waals surface area (Å²) in [5, 5.41) is 3.03. The van der Waals surface area contributed by atoms with E-state index < -0.39 is 5.60 Å². The van der Waals surface area contributed by atoms with E-state index in [4.69, 9.17) is 4.74 Å². The average Bonchev–Trinajstić information content (AvgIpc) is 2.64. The fourth-order valence-electron chi connectivity index (χ4n) is 2.94. The lowest BCUT2D eigenvalue weighted by molar-refractivity contribution is -0.0164. The third kappa shape index (κ3) is 4.24. The summed E-state index contributed by atoms with van der Waals surface area (Å²) in [6, 6.07) is 17.9. The zero-order valence-electron chi connectivity index (χ0n) is 14.8. The Labute approximate surface area is 145 Å². The summed E-state index contributed by atoms with van der Waals surface area (Å²) in [5.41, 5.74) is 2.52. The van der Waals surface area contributed by atoms with Gasteiger partial charge in [-0.1, -0.05) is 62.7 Å². The van der Waals surface area contributed by atoms with Crippen LogP contribution in [-0.2, 0) is 16.8 Å². The standard InChI is InChI=1S/C21H27NO2/c1-4-9-17-12-14-18(15-13-17)20(23)22-16-21(5-2,24-3)19-10-7-6-8-11-19/h6-8,10-15H,4-5,9,16H2,1-3H3,(H,22,23). The Balaban J connectivity index is 2.07. The molecule has 2 rings (SSSR count). The van der Waals surface area contributed by atoms with Crippen molar-refractivity contribution in [2.24, 2.45) is 0 Å². The first-order valence-electron chi connectivity index (χ1n) is 8.63. The smallest absolute Gasteiger partial charge is 0.251 e. The number of hydrogen-bond acceptors (Lipinski definition) is 2. The molecular weight excluding hydrogens is 298 g/mol. The van der Waals surface area contributed by atoms with Crippen molar-refractivity contribution in [3.63, 3.8) is 0 Å². The molecule has 1 atom stereocenters. The van der Waals surface area contributed by atoms with Crippen LogP contribution in [-0.4, -0.2) is 19.6 Å². The maximum absolute atomic E-state index is 12.5. The van der Waals surface area contributed by atoms with Crippen molar-refractivity contribution in [3.05, 3.63) is 71.3 Å². The largest absolute Gasteiger partial charge is 0.372 e. The second-order valence-electron chi connectivity index (χ2n) is 6.05. The summed E-state index contributed by atoms with van der Waals surface area (Å²) in [4.78, 5) is 12.5. The Bertz CT molecular complexity index is 631. The summed E-state index contributed by atoms with van der Waals surface area (Å²) in [6.45, 7) is 4.67. The van der Waals surface area contributed by atoms with Crippen LogP contribution in [0.1, 0.15) is 48.2 Å². The van der Waals surface area contributed by atoms with Crippen molar-refractivity contribution in [1.29, 1.82) is 0 Å². The van der Waals surface area contributed by atoms with E-state index in [9.17, 15) is 4.79 Å². The molecule has 0 spiro atoms. The van der Waals surface area contributed by atoms with Crippen LogP contribution in [0.15, 0.2) is 54.6 Å². The predicted molar refractivity (Wildman–Crippen MR) is 98.2 cm³/mol. The molecule has 3 heteroatoms. The molecule has 0 bridgehead atoms. The van der Waals surface area contributed by atoms with Gasteiger partial charge in [-0.3, -0.25) is 4.79 Å². The number of methoxy groups -OCH3 is 1. The second kappa shape index (κ2) is 8.65. The Morgan fingerprint density at radius 1 is 1.04 bits per heavy atom. The van der Waals surface area contributed by atoms with E-state index in [1.807, 2.05) is 54.6 Å². The molecule has 0 aliphatic rings. The highest BCUT2D eigenvalue weighted by atomic mass is 16.5. The van der Waals surface area contributed by atoms with Gasteiger partial charge in [0.2, 0.25) is 0 Å². The van der Waals surface area contributed by atoms with Crippen molar-refractivity contribution in [2.45, 2.75) is 38.7 Å². The van der Waals surface area contributed by atoms with Gasteiger partial charge in [0, 0.05) is 12.7 Å². The van der Waals surface area contributed by atoms with Gasteiger partial charge < -0.3 is 10.1 Å². The summed E-state index contributed by atoms with van der Waals surface area (Å²) in [5.74, 6) is -0.0659. The van der Waals surface area contributed by atoms with E-state index in [1.54, 1.807) is 7.11 Å². The van der Waals surface area contributed by atoms with Gasteiger partial charge in [-0.25, -0.2) is 0 Å². The van der Waals surface area contributed by atoms with Crippen LogP contribution in [0.25, 0.3) is 0 Å². The molecule has 1 amide bonds. The van der Waals surface area contributed by atoms with Gasteiger partial charge in [0.1, 0.15) is 5.60 Å². The number of aryl methyl sites for hydroxylation is 1. The molecule has 0 fully saturated rings. The first-order valence-corrected chi connectivity index (χ1v) is 8.63. The fourth-order valence-corrected chi connectivity index (χ4v) is 2.94. The SMILES string of the molecule is CCCc1ccc(C(=O)NCC(CC)(OC)c2ccccc2)cc1. The molecule has 0 saturated carbocycles. The Kier molecular flexibility index (Phi) is 6.56. The number of carbonyl (C=O) groups is 1. The van der Waals surface area contributed by atoms with Crippen molar-refractivity contribution in [1.82, 2.24) is 5.32 Å². The number of benzene rings is 2. The van der Waals surface area contributed by atoms with E-state index in [2.05, 4.69) is 19.2 Å². The summed E-state index contributed by atoms with van der Waals surface area (Å²) in [7, 11) is 1.70. The molecule has 3 nitrogen and oxygen atoms in total.